The van der Waals surface area contributed by atoms with Crippen molar-refractivity contribution in [3.63, 3.8) is 0 Å². The van der Waals surface area contributed by atoms with Gasteiger partial charge in [-0.25, -0.2) is 12.8 Å². The van der Waals surface area contributed by atoms with Crippen molar-refractivity contribution in [3.05, 3.63) is 137 Å². The molecule has 1 N–H and O–H groups in total. The Balaban J connectivity index is 1.56. The molecule has 4 aromatic rings. The lowest BCUT2D eigenvalue weighted by atomic mass is 9.98. The average Bonchev–Trinajstić information content (AvgIpc) is 2.87. The largest absolute Gasteiger partial charge is 0.341 e. The minimum atomic E-state index is -3.61. The Morgan fingerprint density at radius 3 is 1.80 bits per heavy atom. The molecule has 0 spiro atoms. The highest BCUT2D eigenvalue weighted by Gasteiger charge is 2.20. The predicted molar refractivity (Wildman–Crippen MR) is 136 cm³/mol. The van der Waals surface area contributed by atoms with Crippen LogP contribution in [0.4, 0.5) is 10.1 Å². The van der Waals surface area contributed by atoms with E-state index in [1.54, 1.807) is 36.4 Å². The quantitative estimate of drug-likeness (QED) is 0.366. The second-order valence-corrected chi connectivity index (χ2v) is 10.1. The van der Waals surface area contributed by atoms with Crippen molar-refractivity contribution in [2.45, 2.75) is 12.6 Å². The van der Waals surface area contributed by atoms with Crippen molar-refractivity contribution in [2.75, 3.05) is 10.6 Å². The number of carbonyl (C=O) groups is 1. The molecule has 35 heavy (non-hydrogen) atoms. The third-order valence-electron chi connectivity index (χ3n) is 5.60. The maximum Gasteiger partial charge on any atom is 0.252 e. The lowest BCUT2D eigenvalue weighted by Crippen LogP contribution is -2.30. The zero-order chi connectivity index (χ0) is 24.8. The fraction of sp³-hybridized carbons (Fsp3) is 0.107. The van der Waals surface area contributed by atoms with E-state index < -0.39 is 10.0 Å². The second kappa shape index (κ2) is 10.5. The van der Waals surface area contributed by atoms with Crippen molar-refractivity contribution in [1.82, 2.24) is 5.32 Å². The lowest BCUT2D eigenvalue weighted by Gasteiger charge is -2.23. The molecule has 0 aromatic heterocycles. The Kier molecular flexibility index (Phi) is 7.27. The molecule has 4 aromatic carbocycles. The maximum atomic E-state index is 13.2. The summed E-state index contributed by atoms with van der Waals surface area (Å²) in [5.41, 5.74) is 3.36. The van der Waals surface area contributed by atoms with Gasteiger partial charge in [0, 0.05) is 5.56 Å². The minimum Gasteiger partial charge on any atom is -0.341 e. The first kappa shape index (κ1) is 24.2. The number of nitrogens with one attached hydrogen (secondary N) is 1. The number of rotatable bonds is 8. The minimum absolute atomic E-state index is 0.0503. The number of hydrogen-bond donors (Lipinski definition) is 1. The first-order chi connectivity index (χ1) is 16.8. The molecular weight excluding hydrogens is 463 g/mol. The van der Waals surface area contributed by atoms with Gasteiger partial charge in [0.15, 0.2) is 0 Å². The first-order valence-corrected chi connectivity index (χ1v) is 12.9. The van der Waals surface area contributed by atoms with E-state index in [4.69, 9.17) is 0 Å². The summed E-state index contributed by atoms with van der Waals surface area (Å²) < 4.78 is 39.4. The molecule has 4 rings (SSSR count). The fourth-order valence-corrected chi connectivity index (χ4v) is 4.69. The van der Waals surface area contributed by atoms with Crippen LogP contribution in [0, 0.1) is 5.82 Å². The number of benzene rings is 4. The van der Waals surface area contributed by atoms with Crippen molar-refractivity contribution in [1.29, 1.82) is 0 Å². The van der Waals surface area contributed by atoms with E-state index in [0.29, 0.717) is 16.8 Å². The van der Waals surface area contributed by atoms with E-state index in [0.717, 1.165) is 17.4 Å². The molecule has 0 bridgehead atoms. The number of halogens is 1. The number of anilines is 1. The van der Waals surface area contributed by atoms with Gasteiger partial charge in [-0.3, -0.25) is 9.10 Å². The molecule has 5 nitrogen and oxygen atoms in total. The van der Waals surface area contributed by atoms with E-state index in [9.17, 15) is 17.6 Å². The third kappa shape index (κ3) is 6.13. The predicted octanol–water partition coefficient (Wildman–Crippen LogP) is 5.31. The Hall–Kier alpha value is -3.97. The normalized spacial score (nSPS) is 11.3. The molecule has 0 aliphatic carbocycles. The molecule has 0 saturated heterocycles. The van der Waals surface area contributed by atoms with E-state index in [1.165, 1.54) is 16.4 Å². The van der Waals surface area contributed by atoms with E-state index in [-0.39, 0.29) is 24.3 Å². The standard InChI is InChI=1S/C28H25FN2O3S/c1-35(33,34)31(20-21-12-16-25(29)17-13-21)26-18-14-24(15-19-26)28(32)30-27(22-8-4-2-5-9-22)23-10-6-3-7-11-23/h2-19,27H,20H2,1H3,(H,30,32). The van der Waals surface area contributed by atoms with Crippen LogP contribution in [0.15, 0.2) is 109 Å². The Morgan fingerprint density at radius 1 is 0.800 bits per heavy atom. The molecule has 0 aliphatic rings. The van der Waals surface area contributed by atoms with Gasteiger partial charge in [0.25, 0.3) is 5.91 Å². The number of carbonyl (C=O) groups excluding carboxylic acids is 1. The van der Waals surface area contributed by atoms with E-state index in [1.807, 2.05) is 60.7 Å². The Morgan fingerprint density at radius 2 is 1.31 bits per heavy atom. The smallest absolute Gasteiger partial charge is 0.252 e. The van der Waals surface area contributed by atoms with Gasteiger partial charge in [0.05, 0.1) is 24.5 Å². The summed E-state index contributed by atoms with van der Waals surface area (Å²) in [5, 5.41) is 3.08. The summed E-state index contributed by atoms with van der Waals surface area (Å²) in [5.74, 6) is -0.668. The van der Waals surface area contributed by atoms with Gasteiger partial charge in [-0.15, -0.1) is 0 Å². The molecule has 0 unspecified atom stereocenters. The monoisotopic (exact) mass is 488 g/mol. The summed E-state index contributed by atoms with van der Waals surface area (Å²) in [6.07, 6.45) is 1.11. The molecule has 0 fully saturated rings. The highest BCUT2D eigenvalue weighted by molar-refractivity contribution is 7.92. The molecule has 0 heterocycles. The molecule has 0 radical (unpaired) electrons. The number of amides is 1. The van der Waals surface area contributed by atoms with Gasteiger partial charge >= 0.3 is 0 Å². The Bertz CT molecular complexity index is 1340. The van der Waals surface area contributed by atoms with Crippen LogP contribution < -0.4 is 9.62 Å². The van der Waals surface area contributed by atoms with Crippen LogP contribution in [0.1, 0.15) is 33.1 Å². The van der Waals surface area contributed by atoms with Gasteiger partial charge < -0.3 is 5.32 Å². The fourth-order valence-electron chi connectivity index (χ4n) is 3.80. The van der Waals surface area contributed by atoms with Gasteiger partial charge in [0.1, 0.15) is 5.82 Å². The van der Waals surface area contributed by atoms with E-state index in [2.05, 4.69) is 5.32 Å². The molecule has 178 valence electrons. The van der Waals surface area contributed by atoms with Crippen LogP contribution in [-0.2, 0) is 16.6 Å². The lowest BCUT2D eigenvalue weighted by molar-refractivity contribution is 0.0943. The van der Waals surface area contributed by atoms with Crippen molar-refractivity contribution < 1.29 is 17.6 Å². The van der Waals surface area contributed by atoms with Crippen LogP contribution in [-0.4, -0.2) is 20.6 Å². The average molecular weight is 489 g/mol. The maximum absolute atomic E-state index is 13.2. The summed E-state index contributed by atoms with van der Waals surface area (Å²) in [7, 11) is -3.61. The highest BCUT2D eigenvalue weighted by Crippen LogP contribution is 2.24. The molecule has 1 amide bonds. The summed E-state index contributed by atoms with van der Waals surface area (Å²) in [6.45, 7) is 0.0503. The van der Waals surface area contributed by atoms with Crippen LogP contribution in [0.25, 0.3) is 0 Å². The zero-order valence-electron chi connectivity index (χ0n) is 19.1. The third-order valence-corrected chi connectivity index (χ3v) is 6.74. The van der Waals surface area contributed by atoms with Crippen LogP contribution in [0.5, 0.6) is 0 Å². The SMILES string of the molecule is CS(=O)(=O)N(Cc1ccc(F)cc1)c1ccc(C(=O)NC(c2ccccc2)c2ccccc2)cc1. The van der Waals surface area contributed by atoms with Gasteiger partial charge in [-0.1, -0.05) is 72.8 Å². The molecular formula is C28H25FN2O3S. The number of sulfonamides is 1. The number of nitrogens with zero attached hydrogens (tertiary/aromatic N) is 1. The number of hydrogen-bond acceptors (Lipinski definition) is 3. The molecule has 0 saturated carbocycles. The van der Waals surface area contributed by atoms with Crippen molar-refractivity contribution in [3.8, 4) is 0 Å². The summed E-state index contributed by atoms with van der Waals surface area (Å²) in [4.78, 5) is 13.1. The molecule has 0 aliphatic heterocycles. The highest BCUT2D eigenvalue weighted by atomic mass is 32.2. The zero-order valence-corrected chi connectivity index (χ0v) is 20.0. The summed E-state index contributed by atoms with van der Waals surface area (Å²) in [6, 6.07) is 31.1. The van der Waals surface area contributed by atoms with Gasteiger partial charge in [-0.2, -0.15) is 0 Å². The van der Waals surface area contributed by atoms with Crippen molar-refractivity contribution in [2.24, 2.45) is 0 Å². The molecule has 0 atom stereocenters. The van der Waals surface area contributed by atoms with Crippen molar-refractivity contribution >= 4 is 21.6 Å². The summed E-state index contributed by atoms with van der Waals surface area (Å²) >= 11 is 0. The van der Waals surface area contributed by atoms with Gasteiger partial charge in [0.2, 0.25) is 10.0 Å². The second-order valence-electron chi connectivity index (χ2n) is 8.17. The van der Waals surface area contributed by atoms with Crippen LogP contribution in [0.2, 0.25) is 0 Å². The van der Waals surface area contributed by atoms with E-state index >= 15 is 0 Å². The molecule has 7 heteroatoms. The topological polar surface area (TPSA) is 66.5 Å². The van der Waals surface area contributed by atoms with Crippen LogP contribution >= 0.6 is 0 Å². The Labute approximate surface area is 204 Å². The van der Waals surface area contributed by atoms with Crippen LogP contribution in [0.3, 0.4) is 0 Å². The first-order valence-electron chi connectivity index (χ1n) is 11.0. The van der Waals surface area contributed by atoms with Gasteiger partial charge in [-0.05, 0) is 53.1 Å².